The third-order valence-corrected chi connectivity index (χ3v) is 5.84. The van der Waals surface area contributed by atoms with Crippen LogP contribution in [0.3, 0.4) is 0 Å². The van der Waals surface area contributed by atoms with Gasteiger partial charge >= 0.3 is 0 Å². The largest absolute Gasteiger partial charge is 0.296 e. The molecule has 2 N–H and O–H groups in total. The van der Waals surface area contributed by atoms with Gasteiger partial charge in [0.1, 0.15) is 5.92 Å². The van der Waals surface area contributed by atoms with Crippen LogP contribution in [0.1, 0.15) is 25.3 Å². The summed E-state index contributed by atoms with van der Waals surface area (Å²) in [5.41, 5.74) is 1.98. The van der Waals surface area contributed by atoms with Gasteiger partial charge in [0.15, 0.2) is 0 Å². The lowest BCUT2D eigenvalue weighted by Crippen LogP contribution is -2.28. The summed E-state index contributed by atoms with van der Waals surface area (Å²) in [7, 11) is -3.73. The number of amides is 1. The van der Waals surface area contributed by atoms with E-state index in [1.807, 2.05) is 6.92 Å². The third-order valence-electron chi connectivity index (χ3n) is 4.91. The fourth-order valence-electron chi connectivity index (χ4n) is 3.25. The summed E-state index contributed by atoms with van der Waals surface area (Å²) in [6, 6.07) is 11.9. The number of anilines is 1. The third kappa shape index (κ3) is 5.42. The number of carbonyl (C=O) groups is 1. The lowest BCUT2D eigenvalue weighted by molar-refractivity contribution is -0.384. The first-order chi connectivity index (χ1) is 15.2. The number of nitro benzene ring substituents is 1. The number of nitrogens with zero attached hydrogens (tertiary/aromatic N) is 4. The van der Waals surface area contributed by atoms with Gasteiger partial charge < -0.3 is 0 Å². The summed E-state index contributed by atoms with van der Waals surface area (Å²) in [6.07, 6.45) is 3.58. The first kappa shape index (κ1) is 23.2. The first-order valence-corrected chi connectivity index (χ1v) is 11.5. The SMILES string of the molecule is CCCC1=NN(c2ccc([N+](=O)[O-])cc2)C(=O)C1C=NCCc1ccc(S(N)(=O)=O)cc1. The molecule has 1 aliphatic heterocycles. The number of nitro groups is 1. The minimum atomic E-state index is -3.73. The van der Waals surface area contributed by atoms with E-state index in [0.717, 1.165) is 12.0 Å². The van der Waals surface area contributed by atoms with E-state index in [0.29, 0.717) is 30.8 Å². The summed E-state index contributed by atoms with van der Waals surface area (Å²) in [5, 5.41) is 21.6. The molecule has 10 nitrogen and oxygen atoms in total. The smallest absolute Gasteiger partial charge is 0.269 e. The first-order valence-electron chi connectivity index (χ1n) is 9.98. The second-order valence-electron chi connectivity index (χ2n) is 7.24. The number of sulfonamides is 1. The Kier molecular flexibility index (Phi) is 7.11. The van der Waals surface area contributed by atoms with Gasteiger partial charge in [0, 0.05) is 24.9 Å². The molecular formula is C21H23N5O5S. The molecule has 0 radical (unpaired) electrons. The molecule has 3 rings (SSSR count). The Morgan fingerprint density at radius 1 is 1.16 bits per heavy atom. The van der Waals surface area contributed by atoms with Crippen molar-refractivity contribution in [3.05, 3.63) is 64.2 Å². The number of primary sulfonamides is 1. The van der Waals surface area contributed by atoms with Crippen LogP contribution >= 0.6 is 0 Å². The Morgan fingerprint density at radius 2 is 1.81 bits per heavy atom. The molecule has 2 aromatic rings. The molecule has 11 heteroatoms. The molecule has 0 aromatic heterocycles. The highest BCUT2D eigenvalue weighted by Gasteiger charge is 2.35. The maximum absolute atomic E-state index is 12.9. The van der Waals surface area contributed by atoms with E-state index < -0.39 is 20.9 Å². The highest BCUT2D eigenvalue weighted by atomic mass is 32.2. The van der Waals surface area contributed by atoms with Crippen molar-refractivity contribution in [1.82, 2.24) is 0 Å². The van der Waals surface area contributed by atoms with E-state index in [4.69, 9.17) is 5.14 Å². The fraction of sp³-hybridized carbons (Fsp3) is 0.286. The summed E-state index contributed by atoms with van der Waals surface area (Å²) >= 11 is 0. The van der Waals surface area contributed by atoms with Crippen LogP contribution in [0.4, 0.5) is 11.4 Å². The Hall–Kier alpha value is -3.44. The van der Waals surface area contributed by atoms with E-state index in [1.165, 1.54) is 41.4 Å². The summed E-state index contributed by atoms with van der Waals surface area (Å²) in [5.74, 6) is -0.849. The number of nitrogens with two attached hydrogens (primary N) is 1. The molecule has 1 atom stereocenters. The number of carbonyl (C=O) groups excluding carboxylic acids is 1. The van der Waals surface area contributed by atoms with Gasteiger partial charge in [-0.2, -0.15) is 10.1 Å². The Labute approximate surface area is 185 Å². The van der Waals surface area contributed by atoms with Crippen molar-refractivity contribution >= 4 is 39.2 Å². The highest BCUT2D eigenvalue weighted by Crippen LogP contribution is 2.26. The summed E-state index contributed by atoms with van der Waals surface area (Å²) in [4.78, 5) is 27.7. The van der Waals surface area contributed by atoms with Crippen LogP contribution in [0.5, 0.6) is 0 Å². The average molecular weight is 458 g/mol. The summed E-state index contributed by atoms with van der Waals surface area (Å²) < 4.78 is 22.6. The number of aliphatic imine (C=N–C) groups is 1. The Morgan fingerprint density at radius 3 is 2.38 bits per heavy atom. The molecule has 1 amide bonds. The monoisotopic (exact) mass is 457 g/mol. The zero-order valence-corrected chi connectivity index (χ0v) is 18.2. The van der Waals surface area contributed by atoms with Gasteiger partial charge in [-0.25, -0.2) is 13.6 Å². The topological polar surface area (TPSA) is 148 Å². The molecule has 1 unspecified atom stereocenters. The zero-order valence-electron chi connectivity index (χ0n) is 17.4. The van der Waals surface area contributed by atoms with E-state index in [-0.39, 0.29) is 16.5 Å². The van der Waals surface area contributed by atoms with Gasteiger partial charge in [-0.3, -0.25) is 19.9 Å². The number of hydrogen-bond acceptors (Lipinski definition) is 7. The van der Waals surface area contributed by atoms with Crippen LogP contribution in [0.25, 0.3) is 0 Å². The van der Waals surface area contributed by atoms with Crippen molar-refractivity contribution in [3.63, 3.8) is 0 Å². The number of non-ortho nitro benzene ring substituents is 1. The quantitative estimate of drug-likeness (QED) is 0.349. The molecule has 0 fully saturated rings. The van der Waals surface area contributed by atoms with Gasteiger partial charge in [0.25, 0.3) is 11.6 Å². The molecule has 32 heavy (non-hydrogen) atoms. The second kappa shape index (κ2) is 9.79. The van der Waals surface area contributed by atoms with Crippen molar-refractivity contribution in [2.45, 2.75) is 31.1 Å². The van der Waals surface area contributed by atoms with E-state index in [1.54, 1.807) is 18.3 Å². The van der Waals surface area contributed by atoms with Crippen molar-refractivity contribution < 1.29 is 18.1 Å². The van der Waals surface area contributed by atoms with E-state index in [9.17, 15) is 23.3 Å². The van der Waals surface area contributed by atoms with Crippen LogP contribution in [-0.2, 0) is 21.2 Å². The van der Waals surface area contributed by atoms with Gasteiger partial charge in [-0.1, -0.05) is 25.5 Å². The number of benzene rings is 2. The molecule has 2 aromatic carbocycles. The summed E-state index contributed by atoms with van der Waals surface area (Å²) in [6.45, 7) is 2.40. The minimum Gasteiger partial charge on any atom is -0.296 e. The zero-order chi connectivity index (χ0) is 23.3. The van der Waals surface area contributed by atoms with Crippen molar-refractivity contribution in [1.29, 1.82) is 0 Å². The molecule has 0 spiro atoms. The van der Waals surface area contributed by atoms with E-state index in [2.05, 4.69) is 10.1 Å². The van der Waals surface area contributed by atoms with Crippen LogP contribution in [0.15, 0.2) is 63.5 Å². The molecule has 1 heterocycles. The average Bonchev–Trinajstić information content (AvgIpc) is 3.06. The highest BCUT2D eigenvalue weighted by molar-refractivity contribution is 7.89. The predicted molar refractivity (Wildman–Crippen MR) is 121 cm³/mol. The van der Waals surface area contributed by atoms with Crippen LogP contribution < -0.4 is 10.1 Å². The van der Waals surface area contributed by atoms with Gasteiger partial charge in [-0.15, -0.1) is 0 Å². The Bertz CT molecular complexity index is 1160. The van der Waals surface area contributed by atoms with Crippen LogP contribution in [-0.4, -0.2) is 37.7 Å². The van der Waals surface area contributed by atoms with Crippen molar-refractivity contribution in [2.75, 3.05) is 11.6 Å². The van der Waals surface area contributed by atoms with Crippen LogP contribution in [0.2, 0.25) is 0 Å². The van der Waals surface area contributed by atoms with Crippen molar-refractivity contribution in [2.24, 2.45) is 21.2 Å². The van der Waals surface area contributed by atoms with Gasteiger partial charge in [-0.05, 0) is 42.7 Å². The molecule has 0 bridgehead atoms. The van der Waals surface area contributed by atoms with Gasteiger partial charge in [0.2, 0.25) is 10.0 Å². The fourth-order valence-corrected chi connectivity index (χ4v) is 3.76. The molecule has 1 aliphatic rings. The normalized spacial score (nSPS) is 16.6. The maximum atomic E-state index is 12.9. The van der Waals surface area contributed by atoms with Crippen LogP contribution in [0, 0.1) is 16.0 Å². The lowest BCUT2D eigenvalue weighted by Gasteiger charge is -2.12. The van der Waals surface area contributed by atoms with Gasteiger partial charge in [0.05, 0.1) is 21.2 Å². The number of hydrazone groups is 1. The molecule has 0 saturated heterocycles. The number of hydrogen-bond donors (Lipinski definition) is 1. The maximum Gasteiger partial charge on any atom is 0.269 e. The molecule has 168 valence electrons. The lowest BCUT2D eigenvalue weighted by atomic mass is 10.0. The standard InChI is InChI=1S/C21H23N5O5S/c1-2-3-20-19(14-23-13-12-15-4-10-18(11-5-15)32(22,30)31)21(27)25(24-20)16-6-8-17(9-7-16)26(28)29/h4-11,14,19H,2-3,12-13H2,1H3,(H2,22,30,31). The second-order valence-corrected chi connectivity index (χ2v) is 8.80. The Balaban J connectivity index is 1.67. The number of rotatable bonds is 9. The molecule has 0 saturated carbocycles. The van der Waals surface area contributed by atoms with E-state index >= 15 is 0 Å². The van der Waals surface area contributed by atoms with Crippen molar-refractivity contribution in [3.8, 4) is 0 Å². The molecular weight excluding hydrogens is 434 g/mol. The predicted octanol–water partition coefficient (Wildman–Crippen LogP) is 2.67. The minimum absolute atomic E-state index is 0.0491. The molecule has 0 aliphatic carbocycles.